The molecule has 18 heavy (non-hydrogen) atoms. The molecule has 108 valence electrons. The fourth-order valence-corrected chi connectivity index (χ4v) is 3.87. The molecule has 0 aliphatic carbocycles. The van der Waals surface area contributed by atoms with Gasteiger partial charge in [-0.05, 0) is 37.5 Å². The van der Waals surface area contributed by atoms with Crippen LogP contribution in [0.1, 0.15) is 66.7 Å². The minimum Gasteiger partial charge on any atom is -0.329 e. The predicted molar refractivity (Wildman–Crippen MR) is 80.7 cm³/mol. The van der Waals surface area contributed by atoms with Crippen LogP contribution in [-0.2, 0) is 0 Å². The molecule has 0 aromatic heterocycles. The van der Waals surface area contributed by atoms with Crippen LogP contribution in [0.5, 0.6) is 0 Å². The highest BCUT2D eigenvalue weighted by atomic mass is 15.3. The lowest BCUT2D eigenvalue weighted by molar-refractivity contribution is -0.0853. The third kappa shape index (κ3) is 3.48. The normalized spacial score (nSPS) is 22.8. The number of likely N-dealkylation sites (tertiary alicyclic amines) is 1. The smallest absolute Gasteiger partial charge is 0.0306 e. The van der Waals surface area contributed by atoms with Gasteiger partial charge >= 0.3 is 0 Å². The maximum absolute atomic E-state index is 6.06. The maximum atomic E-state index is 6.06. The molecule has 1 aliphatic rings. The number of hydrogen-bond acceptors (Lipinski definition) is 2. The standard InChI is InChI=1S/C16H34N2/c1-6-8-16(9-7-2)12-18(13-16)15(5,11-17)10-14(3)4/h14H,6-13,17H2,1-5H3. The van der Waals surface area contributed by atoms with Crippen molar-refractivity contribution >= 4 is 0 Å². The fourth-order valence-electron chi connectivity index (χ4n) is 3.87. The van der Waals surface area contributed by atoms with Crippen molar-refractivity contribution in [3.63, 3.8) is 0 Å². The van der Waals surface area contributed by atoms with E-state index < -0.39 is 0 Å². The van der Waals surface area contributed by atoms with Crippen LogP contribution in [0.25, 0.3) is 0 Å². The number of rotatable bonds is 8. The van der Waals surface area contributed by atoms with Gasteiger partial charge in [0.25, 0.3) is 0 Å². The highest BCUT2D eigenvalue weighted by molar-refractivity contribution is 5.02. The van der Waals surface area contributed by atoms with Crippen molar-refractivity contribution in [1.82, 2.24) is 4.90 Å². The third-order valence-corrected chi connectivity index (χ3v) is 4.66. The van der Waals surface area contributed by atoms with Gasteiger partial charge < -0.3 is 5.73 Å². The van der Waals surface area contributed by atoms with E-state index >= 15 is 0 Å². The molecule has 0 spiro atoms. The Hall–Kier alpha value is -0.0800. The summed E-state index contributed by atoms with van der Waals surface area (Å²) < 4.78 is 0. The zero-order valence-corrected chi connectivity index (χ0v) is 13.3. The lowest BCUT2D eigenvalue weighted by atomic mass is 9.69. The second-order valence-electron chi connectivity index (χ2n) is 7.16. The highest BCUT2D eigenvalue weighted by Gasteiger charge is 2.47. The largest absolute Gasteiger partial charge is 0.329 e. The van der Waals surface area contributed by atoms with Gasteiger partial charge in [0, 0.05) is 25.2 Å². The van der Waals surface area contributed by atoms with Crippen LogP contribution in [0, 0.1) is 11.3 Å². The topological polar surface area (TPSA) is 29.3 Å². The van der Waals surface area contributed by atoms with E-state index in [1.807, 2.05) is 0 Å². The highest BCUT2D eigenvalue weighted by Crippen LogP contribution is 2.44. The van der Waals surface area contributed by atoms with Crippen molar-refractivity contribution in [3.8, 4) is 0 Å². The van der Waals surface area contributed by atoms with Gasteiger partial charge in [0.2, 0.25) is 0 Å². The molecule has 1 rings (SSSR count). The van der Waals surface area contributed by atoms with E-state index in [1.54, 1.807) is 0 Å². The quantitative estimate of drug-likeness (QED) is 0.716. The molecule has 2 nitrogen and oxygen atoms in total. The van der Waals surface area contributed by atoms with E-state index in [0.29, 0.717) is 5.41 Å². The fraction of sp³-hybridized carbons (Fsp3) is 1.00. The van der Waals surface area contributed by atoms with E-state index in [4.69, 9.17) is 5.73 Å². The Morgan fingerprint density at radius 1 is 1.17 bits per heavy atom. The lowest BCUT2D eigenvalue weighted by Gasteiger charge is -2.58. The first-order valence-electron chi connectivity index (χ1n) is 7.86. The van der Waals surface area contributed by atoms with Crippen molar-refractivity contribution < 1.29 is 0 Å². The molecule has 0 aromatic carbocycles. The average Bonchev–Trinajstić information content (AvgIpc) is 2.24. The van der Waals surface area contributed by atoms with Crippen molar-refractivity contribution in [2.24, 2.45) is 17.1 Å². The minimum absolute atomic E-state index is 0.221. The molecule has 1 atom stereocenters. The number of hydrogen-bond donors (Lipinski definition) is 1. The maximum Gasteiger partial charge on any atom is 0.0306 e. The van der Waals surface area contributed by atoms with Crippen LogP contribution >= 0.6 is 0 Å². The molecule has 0 radical (unpaired) electrons. The second kappa shape index (κ2) is 6.38. The Morgan fingerprint density at radius 3 is 2.00 bits per heavy atom. The molecule has 0 bridgehead atoms. The molecule has 0 aromatic rings. The molecule has 1 saturated heterocycles. The van der Waals surface area contributed by atoms with Crippen molar-refractivity contribution in [3.05, 3.63) is 0 Å². The third-order valence-electron chi connectivity index (χ3n) is 4.66. The summed E-state index contributed by atoms with van der Waals surface area (Å²) in [6, 6.07) is 0. The Kier molecular flexibility index (Phi) is 5.67. The van der Waals surface area contributed by atoms with Crippen molar-refractivity contribution in [2.75, 3.05) is 19.6 Å². The van der Waals surface area contributed by atoms with Crippen molar-refractivity contribution in [1.29, 1.82) is 0 Å². The number of nitrogens with zero attached hydrogens (tertiary/aromatic N) is 1. The van der Waals surface area contributed by atoms with Gasteiger partial charge in [-0.3, -0.25) is 4.90 Å². The summed E-state index contributed by atoms with van der Waals surface area (Å²) in [5, 5.41) is 0. The van der Waals surface area contributed by atoms with Gasteiger partial charge in [-0.25, -0.2) is 0 Å². The van der Waals surface area contributed by atoms with Gasteiger partial charge in [0.05, 0.1) is 0 Å². The first-order chi connectivity index (χ1) is 8.41. The van der Waals surface area contributed by atoms with Gasteiger partial charge in [-0.2, -0.15) is 0 Å². The van der Waals surface area contributed by atoms with E-state index in [1.165, 1.54) is 45.2 Å². The summed E-state index contributed by atoms with van der Waals surface area (Å²) in [6.45, 7) is 14.9. The summed E-state index contributed by atoms with van der Waals surface area (Å²) in [5.41, 5.74) is 6.89. The van der Waals surface area contributed by atoms with Crippen LogP contribution < -0.4 is 5.73 Å². The first-order valence-corrected chi connectivity index (χ1v) is 7.86. The second-order valence-corrected chi connectivity index (χ2v) is 7.16. The van der Waals surface area contributed by atoms with Gasteiger partial charge in [0.1, 0.15) is 0 Å². The minimum atomic E-state index is 0.221. The molecule has 2 heteroatoms. The average molecular weight is 254 g/mol. The van der Waals surface area contributed by atoms with E-state index in [0.717, 1.165) is 12.5 Å². The molecule has 1 unspecified atom stereocenters. The monoisotopic (exact) mass is 254 g/mol. The molecule has 1 fully saturated rings. The molecule has 0 amide bonds. The van der Waals surface area contributed by atoms with Crippen LogP contribution in [0.2, 0.25) is 0 Å². The summed E-state index contributed by atoms with van der Waals surface area (Å²) in [5.74, 6) is 0.728. The van der Waals surface area contributed by atoms with Gasteiger partial charge in [0.15, 0.2) is 0 Å². The molecule has 1 aliphatic heterocycles. The van der Waals surface area contributed by atoms with Crippen LogP contribution in [-0.4, -0.2) is 30.1 Å². The summed E-state index contributed by atoms with van der Waals surface area (Å²) in [4.78, 5) is 2.65. The summed E-state index contributed by atoms with van der Waals surface area (Å²) in [6.07, 6.45) is 6.63. The zero-order valence-electron chi connectivity index (χ0n) is 13.3. The van der Waals surface area contributed by atoms with E-state index in [-0.39, 0.29) is 5.54 Å². The van der Waals surface area contributed by atoms with E-state index in [9.17, 15) is 0 Å². The Morgan fingerprint density at radius 2 is 1.67 bits per heavy atom. The van der Waals surface area contributed by atoms with Gasteiger partial charge in [-0.1, -0.05) is 40.5 Å². The zero-order chi connectivity index (χ0) is 13.8. The van der Waals surface area contributed by atoms with Crippen LogP contribution in [0.3, 0.4) is 0 Å². The first kappa shape index (κ1) is 16.0. The molecule has 2 N–H and O–H groups in total. The number of nitrogens with two attached hydrogens (primary N) is 1. The molecule has 1 heterocycles. The van der Waals surface area contributed by atoms with Gasteiger partial charge in [-0.15, -0.1) is 0 Å². The predicted octanol–water partition coefficient (Wildman–Crippen LogP) is 3.65. The molecular formula is C16H34N2. The summed E-state index contributed by atoms with van der Waals surface area (Å²) in [7, 11) is 0. The van der Waals surface area contributed by atoms with Crippen molar-refractivity contribution in [2.45, 2.75) is 72.3 Å². The van der Waals surface area contributed by atoms with Crippen LogP contribution in [0.15, 0.2) is 0 Å². The molecule has 0 saturated carbocycles. The Bertz CT molecular complexity index is 235. The Balaban J connectivity index is 2.61. The molecular weight excluding hydrogens is 220 g/mol. The van der Waals surface area contributed by atoms with E-state index in [2.05, 4.69) is 39.5 Å². The SMILES string of the molecule is CCCC1(CCC)CN(C(C)(CN)CC(C)C)C1. The summed E-state index contributed by atoms with van der Waals surface area (Å²) >= 11 is 0. The lowest BCUT2D eigenvalue weighted by Crippen LogP contribution is -2.66. The Labute approximate surface area is 114 Å². The van der Waals surface area contributed by atoms with Crippen LogP contribution in [0.4, 0.5) is 0 Å².